The van der Waals surface area contributed by atoms with E-state index in [0.717, 1.165) is 25.7 Å². The van der Waals surface area contributed by atoms with Crippen molar-refractivity contribution in [1.29, 1.82) is 0 Å². The van der Waals surface area contributed by atoms with Crippen LogP contribution >= 0.6 is 0 Å². The van der Waals surface area contributed by atoms with Gasteiger partial charge in [-0.05, 0) is 50.3 Å². The molecule has 0 aromatic heterocycles. The molecule has 1 aliphatic carbocycles. The van der Waals surface area contributed by atoms with Crippen molar-refractivity contribution in [2.24, 2.45) is 5.73 Å². The third-order valence-corrected chi connectivity index (χ3v) is 5.54. The van der Waals surface area contributed by atoms with E-state index in [1.807, 2.05) is 0 Å². The van der Waals surface area contributed by atoms with Crippen LogP contribution in [0.2, 0.25) is 0 Å². The van der Waals surface area contributed by atoms with Crippen molar-refractivity contribution in [2.45, 2.75) is 49.6 Å². The standard InChI is InChI=1S/C15H22N2O4S/c1-10-3-8-13(9-14(10)15(18)21-2)22(19,20)17-12-6-4-11(16)5-7-12/h3,8-9,11-12,17H,4-7,16H2,1-2H3. The first kappa shape index (κ1) is 16.9. The summed E-state index contributed by atoms with van der Waals surface area (Å²) in [5.41, 5.74) is 6.76. The van der Waals surface area contributed by atoms with Crippen LogP contribution in [0.3, 0.4) is 0 Å². The van der Waals surface area contributed by atoms with E-state index in [-0.39, 0.29) is 22.5 Å². The van der Waals surface area contributed by atoms with Gasteiger partial charge in [0.05, 0.1) is 17.6 Å². The number of esters is 1. The fourth-order valence-corrected chi connectivity index (χ4v) is 3.95. The maximum absolute atomic E-state index is 12.5. The zero-order valence-corrected chi connectivity index (χ0v) is 13.7. The predicted molar refractivity (Wildman–Crippen MR) is 83.1 cm³/mol. The quantitative estimate of drug-likeness (QED) is 0.813. The fourth-order valence-electron chi connectivity index (χ4n) is 2.62. The molecule has 2 rings (SSSR count). The third kappa shape index (κ3) is 3.85. The second-order valence-electron chi connectivity index (χ2n) is 5.70. The van der Waals surface area contributed by atoms with E-state index >= 15 is 0 Å². The van der Waals surface area contributed by atoms with Crippen molar-refractivity contribution in [3.8, 4) is 0 Å². The van der Waals surface area contributed by atoms with Crippen molar-refractivity contribution < 1.29 is 17.9 Å². The maximum atomic E-state index is 12.5. The predicted octanol–water partition coefficient (Wildman–Crippen LogP) is 1.33. The van der Waals surface area contributed by atoms with Gasteiger partial charge in [-0.3, -0.25) is 0 Å². The summed E-state index contributed by atoms with van der Waals surface area (Å²) in [5.74, 6) is -0.543. The van der Waals surface area contributed by atoms with E-state index < -0.39 is 16.0 Å². The van der Waals surface area contributed by atoms with Gasteiger partial charge in [0, 0.05) is 12.1 Å². The van der Waals surface area contributed by atoms with Crippen LogP contribution in [0, 0.1) is 6.92 Å². The van der Waals surface area contributed by atoms with Crippen LogP contribution in [0.25, 0.3) is 0 Å². The summed E-state index contributed by atoms with van der Waals surface area (Å²) in [6.45, 7) is 1.73. The Morgan fingerprint density at radius 3 is 2.50 bits per heavy atom. The van der Waals surface area contributed by atoms with E-state index in [2.05, 4.69) is 9.46 Å². The second kappa shape index (κ2) is 6.76. The summed E-state index contributed by atoms with van der Waals surface area (Å²) < 4.78 is 32.3. The Hall–Kier alpha value is -1.44. The summed E-state index contributed by atoms with van der Waals surface area (Å²) in [7, 11) is -2.39. The normalized spacial score (nSPS) is 22.3. The first-order valence-corrected chi connectivity index (χ1v) is 8.78. The van der Waals surface area contributed by atoms with Gasteiger partial charge in [0.2, 0.25) is 10.0 Å². The van der Waals surface area contributed by atoms with Crippen LogP contribution in [0.15, 0.2) is 23.1 Å². The summed E-state index contributed by atoms with van der Waals surface area (Å²) in [4.78, 5) is 11.8. The molecule has 1 fully saturated rings. The van der Waals surface area contributed by atoms with Crippen LogP contribution in [0.1, 0.15) is 41.6 Å². The number of carbonyl (C=O) groups excluding carboxylic acids is 1. The van der Waals surface area contributed by atoms with E-state index in [0.29, 0.717) is 5.56 Å². The molecule has 0 saturated heterocycles. The SMILES string of the molecule is COC(=O)c1cc(S(=O)(=O)NC2CCC(N)CC2)ccc1C. The zero-order valence-electron chi connectivity index (χ0n) is 12.8. The molecule has 0 heterocycles. The number of rotatable bonds is 4. The molecule has 0 spiro atoms. The zero-order chi connectivity index (χ0) is 16.3. The Bertz CT molecular complexity index is 650. The lowest BCUT2D eigenvalue weighted by Gasteiger charge is -2.26. The number of nitrogens with two attached hydrogens (primary N) is 1. The Morgan fingerprint density at radius 2 is 1.91 bits per heavy atom. The number of nitrogens with one attached hydrogen (secondary N) is 1. The average molecular weight is 326 g/mol. The van der Waals surface area contributed by atoms with Gasteiger partial charge in [-0.1, -0.05) is 6.07 Å². The van der Waals surface area contributed by atoms with Gasteiger partial charge < -0.3 is 10.5 Å². The highest BCUT2D eigenvalue weighted by Crippen LogP contribution is 2.21. The van der Waals surface area contributed by atoms with Gasteiger partial charge >= 0.3 is 5.97 Å². The Kier molecular flexibility index (Phi) is 5.20. The summed E-state index contributed by atoms with van der Waals surface area (Å²) in [6.07, 6.45) is 3.09. The summed E-state index contributed by atoms with van der Waals surface area (Å²) >= 11 is 0. The molecule has 0 bridgehead atoms. The molecule has 0 unspecified atom stereocenters. The van der Waals surface area contributed by atoms with Crippen molar-refractivity contribution in [2.75, 3.05) is 7.11 Å². The van der Waals surface area contributed by atoms with E-state index in [1.54, 1.807) is 13.0 Å². The number of ether oxygens (including phenoxy) is 1. The Labute approximate surface area is 131 Å². The van der Waals surface area contributed by atoms with Crippen molar-refractivity contribution in [3.05, 3.63) is 29.3 Å². The average Bonchev–Trinajstić information content (AvgIpc) is 2.49. The molecule has 7 heteroatoms. The largest absolute Gasteiger partial charge is 0.465 e. The number of hydrogen-bond acceptors (Lipinski definition) is 5. The molecule has 6 nitrogen and oxygen atoms in total. The number of sulfonamides is 1. The van der Waals surface area contributed by atoms with Gasteiger partial charge in [-0.2, -0.15) is 0 Å². The van der Waals surface area contributed by atoms with Crippen molar-refractivity contribution >= 4 is 16.0 Å². The fraction of sp³-hybridized carbons (Fsp3) is 0.533. The number of aryl methyl sites for hydroxylation is 1. The van der Waals surface area contributed by atoms with E-state index in [1.165, 1.54) is 19.2 Å². The third-order valence-electron chi connectivity index (χ3n) is 4.02. The molecule has 0 amide bonds. The second-order valence-corrected chi connectivity index (χ2v) is 7.42. The number of methoxy groups -OCH3 is 1. The maximum Gasteiger partial charge on any atom is 0.338 e. The summed E-state index contributed by atoms with van der Waals surface area (Å²) in [5, 5.41) is 0. The van der Waals surface area contributed by atoms with Crippen LogP contribution in [0.4, 0.5) is 0 Å². The van der Waals surface area contributed by atoms with Crippen molar-refractivity contribution in [1.82, 2.24) is 4.72 Å². The first-order valence-electron chi connectivity index (χ1n) is 7.30. The van der Waals surface area contributed by atoms with Gasteiger partial charge in [-0.25, -0.2) is 17.9 Å². The molecule has 0 atom stereocenters. The highest BCUT2D eigenvalue weighted by atomic mass is 32.2. The lowest BCUT2D eigenvalue weighted by atomic mass is 9.93. The minimum absolute atomic E-state index is 0.0772. The highest BCUT2D eigenvalue weighted by Gasteiger charge is 2.25. The number of benzene rings is 1. The molecule has 1 aliphatic rings. The Balaban J connectivity index is 2.20. The minimum atomic E-state index is -3.66. The molecule has 122 valence electrons. The lowest BCUT2D eigenvalue weighted by molar-refractivity contribution is 0.0599. The first-order chi connectivity index (χ1) is 10.3. The van der Waals surface area contributed by atoms with Gasteiger partial charge in [0.1, 0.15) is 0 Å². The van der Waals surface area contributed by atoms with Gasteiger partial charge in [-0.15, -0.1) is 0 Å². The molecular formula is C15H22N2O4S. The van der Waals surface area contributed by atoms with E-state index in [9.17, 15) is 13.2 Å². The number of hydrogen-bond donors (Lipinski definition) is 2. The molecule has 1 aromatic rings. The van der Waals surface area contributed by atoms with Gasteiger partial charge in [0.15, 0.2) is 0 Å². The summed E-state index contributed by atoms with van der Waals surface area (Å²) in [6, 6.07) is 4.52. The minimum Gasteiger partial charge on any atom is -0.465 e. The molecule has 0 radical (unpaired) electrons. The lowest BCUT2D eigenvalue weighted by Crippen LogP contribution is -2.40. The number of carbonyl (C=O) groups is 1. The van der Waals surface area contributed by atoms with Crippen molar-refractivity contribution in [3.63, 3.8) is 0 Å². The molecule has 1 saturated carbocycles. The van der Waals surface area contributed by atoms with Gasteiger partial charge in [0.25, 0.3) is 0 Å². The van der Waals surface area contributed by atoms with Crippen LogP contribution in [-0.2, 0) is 14.8 Å². The van der Waals surface area contributed by atoms with Crippen LogP contribution < -0.4 is 10.5 Å². The molecular weight excluding hydrogens is 304 g/mol. The molecule has 0 aliphatic heterocycles. The molecule has 3 N–H and O–H groups in total. The topological polar surface area (TPSA) is 98.5 Å². The van der Waals surface area contributed by atoms with E-state index in [4.69, 9.17) is 5.73 Å². The smallest absolute Gasteiger partial charge is 0.338 e. The monoisotopic (exact) mass is 326 g/mol. The molecule has 1 aromatic carbocycles. The highest BCUT2D eigenvalue weighted by molar-refractivity contribution is 7.89. The van der Waals surface area contributed by atoms with Crippen LogP contribution in [0.5, 0.6) is 0 Å². The van der Waals surface area contributed by atoms with Crippen LogP contribution in [-0.4, -0.2) is 33.6 Å². The molecule has 22 heavy (non-hydrogen) atoms. The Morgan fingerprint density at radius 1 is 1.27 bits per heavy atom.